The van der Waals surface area contributed by atoms with Gasteiger partial charge in [-0.25, -0.2) is 4.98 Å². The SMILES string of the molecule is O=C(NCC1COc2cc(Oc3nc4ncccc4s3)ccc21)C1CC2CCC3CC231. The van der Waals surface area contributed by atoms with Gasteiger partial charge in [0.05, 0.1) is 11.3 Å². The molecule has 3 aromatic rings. The van der Waals surface area contributed by atoms with Crippen LogP contribution in [0.5, 0.6) is 16.7 Å². The number of benzene rings is 1. The molecule has 5 unspecified atom stereocenters. The second kappa shape index (κ2) is 6.42. The first-order valence-corrected chi connectivity index (χ1v) is 12.0. The molecule has 3 saturated carbocycles. The third kappa shape index (κ3) is 2.65. The number of carbonyl (C=O) groups excluding carboxylic acids is 1. The van der Waals surface area contributed by atoms with Gasteiger partial charge in [0.2, 0.25) is 5.91 Å². The van der Waals surface area contributed by atoms with Gasteiger partial charge in [-0.3, -0.25) is 4.79 Å². The fraction of sp³-hybridized carbons (Fsp3) is 0.458. The summed E-state index contributed by atoms with van der Waals surface area (Å²) in [5, 5.41) is 3.80. The van der Waals surface area contributed by atoms with Crippen LogP contribution in [-0.4, -0.2) is 29.0 Å². The number of rotatable bonds is 5. The van der Waals surface area contributed by atoms with Crippen molar-refractivity contribution in [2.24, 2.45) is 23.2 Å². The van der Waals surface area contributed by atoms with E-state index in [1.54, 1.807) is 6.20 Å². The molecule has 1 aliphatic heterocycles. The average molecular weight is 434 g/mol. The maximum Gasteiger partial charge on any atom is 0.281 e. The Morgan fingerprint density at radius 2 is 2.23 bits per heavy atom. The van der Waals surface area contributed by atoms with Crippen molar-refractivity contribution in [1.82, 2.24) is 15.3 Å². The zero-order valence-corrected chi connectivity index (χ0v) is 17.9. The average Bonchev–Trinajstić information content (AvgIpc) is 3.06. The lowest BCUT2D eigenvalue weighted by Crippen LogP contribution is -2.48. The number of fused-ring (bicyclic) bond motifs is 2. The van der Waals surface area contributed by atoms with E-state index in [9.17, 15) is 4.79 Å². The second-order valence-electron chi connectivity index (χ2n) is 9.44. The molecule has 7 rings (SSSR count). The highest BCUT2D eigenvalue weighted by molar-refractivity contribution is 7.20. The van der Waals surface area contributed by atoms with Crippen LogP contribution in [0.15, 0.2) is 36.5 Å². The summed E-state index contributed by atoms with van der Waals surface area (Å²) in [6.07, 6.45) is 6.81. The Hall–Kier alpha value is -2.67. The molecule has 3 fully saturated rings. The lowest BCUT2D eigenvalue weighted by Gasteiger charge is -2.43. The van der Waals surface area contributed by atoms with Crippen LogP contribution in [0.3, 0.4) is 0 Å². The normalized spacial score (nSPS) is 31.9. The molecular weight excluding hydrogens is 410 g/mol. The van der Waals surface area contributed by atoms with E-state index >= 15 is 0 Å². The number of amides is 1. The third-order valence-corrected chi connectivity index (χ3v) is 8.93. The van der Waals surface area contributed by atoms with Crippen LogP contribution in [0, 0.1) is 23.2 Å². The highest BCUT2D eigenvalue weighted by atomic mass is 32.1. The summed E-state index contributed by atoms with van der Waals surface area (Å²) in [7, 11) is 0. The standard InChI is InChI=1S/C24H23N3O3S/c28-22(18-8-14-3-4-15-10-24(14,15)18)26-11-13-12-29-19-9-16(5-6-17(13)19)30-23-27-21-20(31-23)2-1-7-25-21/h1-2,5-7,9,13-15,18H,3-4,8,10-12H2,(H,26,28). The van der Waals surface area contributed by atoms with E-state index in [2.05, 4.69) is 15.3 Å². The molecule has 7 heteroatoms. The largest absolute Gasteiger partial charge is 0.492 e. The molecule has 1 amide bonds. The van der Waals surface area contributed by atoms with E-state index in [-0.39, 0.29) is 17.7 Å². The molecule has 6 nitrogen and oxygen atoms in total. The zero-order chi connectivity index (χ0) is 20.6. The van der Waals surface area contributed by atoms with Crippen LogP contribution in [0.1, 0.15) is 37.2 Å². The molecule has 2 aromatic heterocycles. The molecule has 0 saturated heterocycles. The Kier molecular flexibility index (Phi) is 3.72. The van der Waals surface area contributed by atoms with Crippen molar-refractivity contribution in [2.75, 3.05) is 13.2 Å². The first kappa shape index (κ1) is 18.0. The van der Waals surface area contributed by atoms with Crippen LogP contribution in [0.2, 0.25) is 0 Å². The molecule has 158 valence electrons. The van der Waals surface area contributed by atoms with Crippen LogP contribution in [0.4, 0.5) is 0 Å². The number of aromatic nitrogens is 2. The molecular formula is C24H23N3O3S. The number of nitrogens with one attached hydrogen (secondary N) is 1. The second-order valence-corrected chi connectivity index (χ2v) is 10.4. The molecule has 1 aromatic carbocycles. The molecule has 0 radical (unpaired) electrons. The summed E-state index contributed by atoms with van der Waals surface area (Å²) in [5.41, 5.74) is 2.23. The summed E-state index contributed by atoms with van der Waals surface area (Å²) in [6, 6.07) is 9.79. The summed E-state index contributed by atoms with van der Waals surface area (Å²) in [6.45, 7) is 1.22. The van der Waals surface area contributed by atoms with Crippen molar-refractivity contribution in [3.8, 4) is 16.7 Å². The number of hydrogen-bond donors (Lipinski definition) is 1. The smallest absolute Gasteiger partial charge is 0.281 e. The molecule has 3 aliphatic carbocycles. The fourth-order valence-electron chi connectivity index (χ4n) is 6.38. The molecule has 1 N–H and O–H groups in total. The Balaban J connectivity index is 1.01. The summed E-state index contributed by atoms with van der Waals surface area (Å²) < 4.78 is 12.9. The van der Waals surface area contributed by atoms with Crippen molar-refractivity contribution in [2.45, 2.75) is 31.6 Å². The number of carbonyl (C=O) groups is 1. The van der Waals surface area contributed by atoms with Gasteiger partial charge in [-0.1, -0.05) is 17.4 Å². The fourth-order valence-corrected chi connectivity index (χ4v) is 7.18. The van der Waals surface area contributed by atoms with Crippen molar-refractivity contribution in [1.29, 1.82) is 0 Å². The van der Waals surface area contributed by atoms with E-state index in [0.29, 0.717) is 35.2 Å². The Morgan fingerprint density at radius 1 is 1.29 bits per heavy atom. The molecule has 1 spiro atoms. The molecule has 3 heterocycles. The zero-order valence-electron chi connectivity index (χ0n) is 17.0. The van der Waals surface area contributed by atoms with Crippen molar-refractivity contribution in [3.05, 3.63) is 42.1 Å². The minimum atomic E-state index is 0.187. The summed E-state index contributed by atoms with van der Waals surface area (Å²) in [4.78, 5) is 21.5. The van der Waals surface area contributed by atoms with Gasteiger partial charge >= 0.3 is 0 Å². The number of nitrogens with zero attached hydrogens (tertiary/aromatic N) is 2. The topological polar surface area (TPSA) is 73.3 Å². The molecule has 31 heavy (non-hydrogen) atoms. The van der Waals surface area contributed by atoms with Gasteiger partial charge in [-0.15, -0.1) is 0 Å². The van der Waals surface area contributed by atoms with Gasteiger partial charge < -0.3 is 14.8 Å². The first-order chi connectivity index (χ1) is 15.2. The van der Waals surface area contributed by atoms with Gasteiger partial charge in [0.25, 0.3) is 5.19 Å². The van der Waals surface area contributed by atoms with Gasteiger partial charge in [0, 0.05) is 36.2 Å². The Bertz CT molecular complexity index is 1180. The Labute approximate surface area is 184 Å². The lowest BCUT2D eigenvalue weighted by atomic mass is 9.62. The molecule has 0 bridgehead atoms. The maximum absolute atomic E-state index is 12.8. The van der Waals surface area contributed by atoms with Gasteiger partial charge in [-0.2, -0.15) is 4.98 Å². The highest BCUT2D eigenvalue weighted by Crippen LogP contribution is 2.78. The minimum absolute atomic E-state index is 0.187. The first-order valence-electron chi connectivity index (χ1n) is 11.1. The van der Waals surface area contributed by atoms with E-state index in [1.807, 2.05) is 30.3 Å². The van der Waals surface area contributed by atoms with E-state index in [1.165, 1.54) is 30.6 Å². The number of pyridine rings is 1. The van der Waals surface area contributed by atoms with Crippen molar-refractivity contribution >= 4 is 27.6 Å². The van der Waals surface area contributed by atoms with Crippen molar-refractivity contribution < 1.29 is 14.3 Å². The van der Waals surface area contributed by atoms with Crippen molar-refractivity contribution in [3.63, 3.8) is 0 Å². The molecule has 5 atom stereocenters. The number of thiazole rings is 1. The summed E-state index contributed by atoms with van der Waals surface area (Å²) in [5.74, 6) is 3.89. The number of hydrogen-bond acceptors (Lipinski definition) is 6. The predicted octanol–water partition coefficient (Wildman–Crippen LogP) is 4.51. The van der Waals surface area contributed by atoms with Crippen LogP contribution in [0.25, 0.3) is 10.3 Å². The Morgan fingerprint density at radius 3 is 3.10 bits per heavy atom. The monoisotopic (exact) mass is 433 g/mol. The van der Waals surface area contributed by atoms with E-state index < -0.39 is 0 Å². The van der Waals surface area contributed by atoms with Gasteiger partial charge in [0.1, 0.15) is 11.5 Å². The van der Waals surface area contributed by atoms with Crippen LogP contribution in [-0.2, 0) is 4.79 Å². The maximum atomic E-state index is 12.8. The number of ether oxygens (including phenoxy) is 2. The van der Waals surface area contributed by atoms with E-state index in [0.717, 1.165) is 34.3 Å². The predicted molar refractivity (Wildman–Crippen MR) is 117 cm³/mol. The van der Waals surface area contributed by atoms with Crippen LogP contribution < -0.4 is 14.8 Å². The van der Waals surface area contributed by atoms with Gasteiger partial charge in [0.15, 0.2) is 5.65 Å². The van der Waals surface area contributed by atoms with Crippen LogP contribution >= 0.6 is 11.3 Å². The quantitative estimate of drug-likeness (QED) is 0.641. The lowest BCUT2D eigenvalue weighted by molar-refractivity contribution is -0.134. The van der Waals surface area contributed by atoms with E-state index in [4.69, 9.17) is 9.47 Å². The third-order valence-electron chi connectivity index (χ3n) is 8.05. The minimum Gasteiger partial charge on any atom is -0.492 e. The molecule has 4 aliphatic rings. The summed E-state index contributed by atoms with van der Waals surface area (Å²) >= 11 is 1.47. The van der Waals surface area contributed by atoms with Gasteiger partial charge in [-0.05, 0) is 61.1 Å². The highest BCUT2D eigenvalue weighted by Gasteiger charge is 2.73.